The summed E-state index contributed by atoms with van der Waals surface area (Å²) in [6.45, 7) is 6.57. The highest BCUT2D eigenvalue weighted by atomic mass is 32.2. The Kier molecular flexibility index (Phi) is 7.12. The Morgan fingerprint density at radius 1 is 1.12 bits per heavy atom. The van der Waals surface area contributed by atoms with Crippen LogP contribution < -0.4 is 9.62 Å². The van der Waals surface area contributed by atoms with E-state index in [9.17, 15) is 18.3 Å². The van der Waals surface area contributed by atoms with E-state index >= 15 is 0 Å². The molecule has 8 nitrogen and oxygen atoms in total. The lowest BCUT2D eigenvalue weighted by Crippen LogP contribution is -2.22. The summed E-state index contributed by atoms with van der Waals surface area (Å²) in [7, 11) is -0.0927. The van der Waals surface area contributed by atoms with Gasteiger partial charge in [0.25, 0.3) is 10.0 Å². The first-order valence-electron chi connectivity index (χ1n) is 10.7. The topological polar surface area (TPSA) is 105 Å². The van der Waals surface area contributed by atoms with Gasteiger partial charge in [0, 0.05) is 26.3 Å². The Morgan fingerprint density at radius 2 is 1.79 bits per heavy atom. The molecule has 0 aliphatic heterocycles. The number of hydrogen-bond acceptors (Lipinski definition) is 5. The van der Waals surface area contributed by atoms with Gasteiger partial charge in [-0.3, -0.25) is 9.40 Å². The van der Waals surface area contributed by atoms with E-state index in [-0.39, 0.29) is 16.1 Å². The minimum atomic E-state index is -3.88. The maximum atomic E-state index is 13.0. The number of nitrogens with one attached hydrogen (secondary N) is 1. The molecule has 0 saturated carbocycles. The molecule has 1 heterocycles. The molecule has 9 heteroatoms. The van der Waals surface area contributed by atoms with Crippen molar-refractivity contribution in [3.63, 3.8) is 0 Å². The van der Waals surface area contributed by atoms with E-state index in [2.05, 4.69) is 9.82 Å². The van der Waals surface area contributed by atoms with Gasteiger partial charge in [-0.15, -0.1) is 0 Å². The molecule has 2 aromatic carbocycles. The van der Waals surface area contributed by atoms with Crippen molar-refractivity contribution in [1.82, 2.24) is 9.78 Å². The van der Waals surface area contributed by atoms with Crippen molar-refractivity contribution in [2.45, 2.75) is 38.5 Å². The zero-order chi connectivity index (χ0) is 24.3. The molecule has 3 rings (SSSR count). The lowest BCUT2D eigenvalue weighted by molar-refractivity contribution is 0.0697. The Morgan fingerprint density at radius 3 is 2.36 bits per heavy atom. The monoisotopic (exact) mass is 470 g/mol. The zero-order valence-electron chi connectivity index (χ0n) is 19.6. The molecule has 0 amide bonds. The van der Waals surface area contributed by atoms with E-state index in [1.54, 1.807) is 18.2 Å². The van der Waals surface area contributed by atoms with Crippen molar-refractivity contribution in [1.29, 1.82) is 0 Å². The lowest BCUT2D eigenvalue weighted by Gasteiger charge is -2.23. The third-order valence-electron chi connectivity index (χ3n) is 5.81. The highest BCUT2D eigenvalue weighted by Gasteiger charge is 2.19. The second-order valence-electron chi connectivity index (χ2n) is 8.25. The summed E-state index contributed by atoms with van der Waals surface area (Å²) in [4.78, 5) is 13.5. The van der Waals surface area contributed by atoms with Gasteiger partial charge in [-0.05, 0) is 69.5 Å². The standard InChI is InChI=1S/C24H30N4O4S/c1-16-8-11-20(12-9-16)33(31,32)26-22-15-19(24(29)30)10-13-23(22)27(4)14-6-7-21-17(2)25-28(5)18(21)3/h8-13,15,26H,6-7,14H2,1-5H3,(H,29,30). The summed E-state index contributed by atoms with van der Waals surface area (Å²) >= 11 is 0. The summed E-state index contributed by atoms with van der Waals surface area (Å²) in [6, 6.07) is 11.0. The molecule has 0 aliphatic carbocycles. The van der Waals surface area contributed by atoms with Crippen LogP contribution in [0.2, 0.25) is 0 Å². The Balaban J connectivity index is 1.83. The van der Waals surface area contributed by atoms with Crippen LogP contribution in [0.1, 0.15) is 39.3 Å². The van der Waals surface area contributed by atoms with Crippen molar-refractivity contribution in [3.8, 4) is 0 Å². The molecule has 0 spiro atoms. The summed E-state index contributed by atoms with van der Waals surface area (Å²) < 4.78 is 30.4. The molecule has 0 saturated heterocycles. The first-order chi connectivity index (χ1) is 15.5. The van der Waals surface area contributed by atoms with Gasteiger partial charge >= 0.3 is 5.97 Å². The van der Waals surface area contributed by atoms with Crippen LogP contribution in [0.5, 0.6) is 0 Å². The third kappa shape index (κ3) is 5.54. The predicted octanol–water partition coefficient (Wildman–Crippen LogP) is 3.91. The van der Waals surface area contributed by atoms with Gasteiger partial charge in [-0.25, -0.2) is 13.2 Å². The number of anilines is 2. The van der Waals surface area contributed by atoms with Crippen LogP contribution >= 0.6 is 0 Å². The van der Waals surface area contributed by atoms with Gasteiger partial charge < -0.3 is 10.0 Å². The average Bonchev–Trinajstić information content (AvgIpc) is 2.99. The lowest BCUT2D eigenvalue weighted by atomic mass is 10.1. The number of aromatic carboxylic acids is 1. The van der Waals surface area contributed by atoms with Crippen LogP contribution in [-0.4, -0.2) is 42.9 Å². The first-order valence-corrected chi connectivity index (χ1v) is 12.1. The first kappa shape index (κ1) is 24.3. The van der Waals surface area contributed by atoms with Gasteiger partial charge in [0.05, 0.1) is 27.5 Å². The van der Waals surface area contributed by atoms with Crippen LogP contribution in [-0.2, 0) is 23.5 Å². The molecule has 0 bridgehead atoms. The number of carboxylic acids is 1. The van der Waals surface area contributed by atoms with E-state index in [1.807, 2.05) is 44.4 Å². The van der Waals surface area contributed by atoms with Crippen molar-refractivity contribution in [2.24, 2.45) is 7.05 Å². The summed E-state index contributed by atoms with van der Waals surface area (Å²) in [5.41, 5.74) is 5.15. The van der Waals surface area contributed by atoms with E-state index < -0.39 is 16.0 Å². The van der Waals surface area contributed by atoms with Gasteiger partial charge in [0.1, 0.15) is 0 Å². The molecule has 3 aromatic rings. The number of benzene rings is 2. The van der Waals surface area contributed by atoms with E-state index in [0.717, 1.165) is 29.8 Å². The van der Waals surface area contributed by atoms with E-state index in [4.69, 9.17) is 0 Å². The van der Waals surface area contributed by atoms with Crippen LogP contribution in [0.3, 0.4) is 0 Å². The summed E-state index contributed by atoms with van der Waals surface area (Å²) in [6.07, 6.45) is 1.67. The molecule has 0 fully saturated rings. The Hall–Kier alpha value is -3.33. The van der Waals surface area contributed by atoms with Crippen LogP contribution in [0.15, 0.2) is 47.4 Å². The number of carbonyl (C=O) groups is 1. The number of hydrogen-bond donors (Lipinski definition) is 2. The van der Waals surface area contributed by atoms with Gasteiger partial charge in [-0.1, -0.05) is 17.7 Å². The summed E-state index contributed by atoms with van der Waals surface area (Å²) in [5, 5.41) is 13.9. The summed E-state index contributed by atoms with van der Waals surface area (Å²) in [5.74, 6) is -1.12. The minimum absolute atomic E-state index is 0.00960. The largest absolute Gasteiger partial charge is 0.478 e. The normalized spacial score (nSPS) is 11.4. The molecule has 176 valence electrons. The maximum absolute atomic E-state index is 13.0. The zero-order valence-corrected chi connectivity index (χ0v) is 20.4. The van der Waals surface area contributed by atoms with Gasteiger partial charge in [-0.2, -0.15) is 5.10 Å². The minimum Gasteiger partial charge on any atom is -0.478 e. The van der Waals surface area contributed by atoms with Crippen LogP contribution in [0.25, 0.3) is 0 Å². The molecule has 1 aromatic heterocycles. The van der Waals surface area contributed by atoms with Gasteiger partial charge in [0.15, 0.2) is 0 Å². The van der Waals surface area contributed by atoms with Crippen molar-refractivity contribution >= 4 is 27.4 Å². The van der Waals surface area contributed by atoms with E-state index in [1.165, 1.54) is 29.8 Å². The number of nitrogens with zero attached hydrogens (tertiary/aromatic N) is 3. The molecule has 0 atom stereocenters. The highest BCUT2D eigenvalue weighted by Crippen LogP contribution is 2.29. The maximum Gasteiger partial charge on any atom is 0.335 e. The smallest absolute Gasteiger partial charge is 0.335 e. The predicted molar refractivity (Wildman–Crippen MR) is 130 cm³/mol. The van der Waals surface area contributed by atoms with Crippen LogP contribution in [0.4, 0.5) is 11.4 Å². The SMILES string of the molecule is Cc1ccc(S(=O)(=O)Nc2cc(C(=O)O)ccc2N(C)CCCc2c(C)nn(C)c2C)cc1. The molecule has 33 heavy (non-hydrogen) atoms. The number of aryl methyl sites for hydroxylation is 3. The molecule has 0 aliphatic rings. The van der Waals surface area contributed by atoms with Crippen molar-refractivity contribution < 1.29 is 18.3 Å². The van der Waals surface area contributed by atoms with Crippen molar-refractivity contribution in [3.05, 3.63) is 70.5 Å². The molecule has 0 unspecified atom stereocenters. The molecule has 2 N–H and O–H groups in total. The molecular weight excluding hydrogens is 440 g/mol. The number of aromatic nitrogens is 2. The fraction of sp³-hybridized carbons (Fsp3) is 0.333. The second-order valence-corrected chi connectivity index (χ2v) is 9.94. The van der Waals surface area contributed by atoms with Gasteiger partial charge in [0.2, 0.25) is 0 Å². The number of rotatable bonds is 9. The van der Waals surface area contributed by atoms with E-state index in [0.29, 0.717) is 12.2 Å². The highest BCUT2D eigenvalue weighted by molar-refractivity contribution is 7.92. The van der Waals surface area contributed by atoms with Crippen molar-refractivity contribution in [2.75, 3.05) is 23.2 Å². The third-order valence-corrected chi connectivity index (χ3v) is 7.19. The second kappa shape index (κ2) is 9.66. The molecule has 0 radical (unpaired) electrons. The number of carboxylic acid groups (broad SMARTS) is 1. The quantitative estimate of drug-likeness (QED) is 0.491. The fourth-order valence-corrected chi connectivity index (χ4v) is 4.86. The molecular formula is C24H30N4O4S. The Labute approximate surface area is 194 Å². The Bertz CT molecular complexity index is 1260. The average molecular weight is 471 g/mol. The fourth-order valence-electron chi connectivity index (χ4n) is 3.80. The van der Waals surface area contributed by atoms with Crippen LogP contribution in [0, 0.1) is 20.8 Å². The number of sulfonamides is 1.